The second kappa shape index (κ2) is 6.40. The molecular weight excluding hydrogens is 326 g/mol. The second-order valence-corrected chi connectivity index (χ2v) is 7.26. The van der Waals surface area contributed by atoms with Crippen LogP contribution < -0.4 is 5.32 Å². The highest BCUT2D eigenvalue weighted by atomic mass is 32.2. The molecule has 0 aliphatic rings. The molecule has 0 atom stereocenters. The van der Waals surface area contributed by atoms with Crippen molar-refractivity contribution in [1.82, 2.24) is 19.2 Å². The molecule has 0 fully saturated rings. The maximum Gasteiger partial charge on any atom is 0.254 e. The van der Waals surface area contributed by atoms with Gasteiger partial charge in [-0.15, -0.1) is 9.19 Å². The topological polar surface area (TPSA) is 89.8 Å². The molecule has 3 aromatic rings. The Morgan fingerprint density at radius 1 is 1.17 bits per heavy atom. The first-order chi connectivity index (χ1) is 11.4. The minimum absolute atomic E-state index is 0.178. The van der Waals surface area contributed by atoms with Crippen LogP contribution in [0.4, 0.5) is 5.95 Å². The summed E-state index contributed by atoms with van der Waals surface area (Å²) >= 11 is 0. The van der Waals surface area contributed by atoms with E-state index in [1.54, 1.807) is 24.5 Å². The third kappa shape index (κ3) is 3.60. The first kappa shape index (κ1) is 16.1. The van der Waals surface area contributed by atoms with Crippen molar-refractivity contribution < 1.29 is 8.42 Å². The van der Waals surface area contributed by atoms with Crippen molar-refractivity contribution in [3.8, 4) is 11.4 Å². The van der Waals surface area contributed by atoms with Gasteiger partial charge in [0.15, 0.2) is 5.82 Å². The predicted octanol–water partition coefficient (Wildman–Crippen LogP) is 2.07. The van der Waals surface area contributed by atoms with Crippen molar-refractivity contribution in [3.63, 3.8) is 0 Å². The zero-order valence-corrected chi connectivity index (χ0v) is 14.2. The molecule has 0 saturated carbocycles. The van der Waals surface area contributed by atoms with Crippen LogP contribution in [-0.2, 0) is 16.6 Å². The van der Waals surface area contributed by atoms with Crippen molar-refractivity contribution >= 4 is 16.0 Å². The molecular formula is C16H17N5O2S. The minimum atomic E-state index is -3.57. The van der Waals surface area contributed by atoms with Gasteiger partial charge in [-0.25, -0.2) is 8.42 Å². The zero-order chi connectivity index (χ0) is 17.2. The van der Waals surface area contributed by atoms with Gasteiger partial charge < -0.3 is 5.32 Å². The number of nitrogens with one attached hydrogen (secondary N) is 1. The van der Waals surface area contributed by atoms with Gasteiger partial charge in [0.2, 0.25) is 5.95 Å². The molecule has 24 heavy (non-hydrogen) atoms. The van der Waals surface area contributed by atoms with Crippen LogP contribution in [0.3, 0.4) is 0 Å². The molecule has 0 radical (unpaired) electrons. The minimum Gasteiger partial charge on any atom is -0.349 e. The first-order valence-corrected chi connectivity index (χ1v) is 9.16. The molecule has 0 aliphatic carbocycles. The van der Waals surface area contributed by atoms with Crippen LogP contribution in [0.1, 0.15) is 11.1 Å². The molecule has 3 rings (SSSR count). The van der Waals surface area contributed by atoms with E-state index >= 15 is 0 Å². The fourth-order valence-corrected chi connectivity index (χ4v) is 2.79. The molecule has 124 valence electrons. The zero-order valence-electron chi connectivity index (χ0n) is 13.3. The van der Waals surface area contributed by atoms with E-state index in [1.165, 1.54) is 0 Å². The molecule has 2 heterocycles. The molecule has 2 aromatic heterocycles. The summed E-state index contributed by atoms with van der Waals surface area (Å²) in [6.45, 7) is 2.46. The van der Waals surface area contributed by atoms with Crippen molar-refractivity contribution in [1.29, 1.82) is 0 Å². The normalized spacial score (nSPS) is 11.4. The van der Waals surface area contributed by atoms with Crippen LogP contribution in [0, 0.1) is 6.92 Å². The quantitative estimate of drug-likeness (QED) is 0.763. The molecule has 0 amide bonds. The summed E-state index contributed by atoms with van der Waals surface area (Å²) in [6, 6.07) is 11.5. The average Bonchev–Trinajstić information content (AvgIpc) is 3.00. The Labute approximate surface area is 140 Å². The molecule has 1 aromatic carbocycles. The van der Waals surface area contributed by atoms with E-state index in [4.69, 9.17) is 0 Å². The van der Waals surface area contributed by atoms with Crippen molar-refractivity contribution in [2.24, 2.45) is 0 Å². The van der Waals surface area contributed by atoms with E-state index in [2.05, 4.69) is 20.4 Å². The monoisotopic (exact) mass is 343 g/mol. The molecule has 0 saturated heterocycles. The van der Waals surface area contributed by atoms with E-state index in [1.807, 2.05) is 31.2 Å². The number of anilines is 1. The van der Waals surface area contributed by atoms with Crippen LogP contribution in [0.5, 0.6) is 0 Å². The maximum absolute atomic E-state index is 12.0. The van der Waals surface area contributed by atoms with Gasteiger partial charge in [0.05, 0.1) is 6.26 Å². The summed E-state index contributed by atoms with van der Waals surface area (Å²) in [7, 11) is -3.57. The Balaban J connectivity index is 1.91. The lowest BCUT2D eigenvalue weighted by atomic mass is 10.1. The van der Waals surface area contributed by atoms with Gasteiger partial charge >= 0.3 is 0 Å². The van der Waals surface area contributed by atoms with Crippen molar-refractivity contribution in [3.05, 3.63) is 59.9 Å². The van der Waals surface area contributed by atoms with Crippen molar-refractivity contribution in [2.45, 2.75) is 13.5 Å². The van der Waals surface area contributed by atoms with Crippen LogP contribution >= 0.6 is 0 Å². The summed E-state index contributed by atoms with van der Waals surface area (Å²) in [6.07, 6.45) is 4.31. The molecule has 0 spiro atoms. The van der Waals surface area contributed by atoms with E-state index in [-0.39, 0.29) is 5.95 Å². The Morgan fingerprint density at radius 2 is 1.92 bits per heavy atom. The fraction of sp³-hybridized carbons (Fsp3) is 0.188. The van der Waals surface area contributed by atoms with E-state index < -0.39 is 10.0 Å². The van der Waals surface area contributed by atoms with E-state index in [0.29, 0.717) is 17.9 Å². The highest BCUT2D eigenvalue weighted by Crippen LogP contribution is 2.18. The van der Waals surface area contributed by atoms with E-state index in [0.717, 1.165) is 21.5 Å². The highest BCUT2D eigenvalue weighted by Gasteiger charge is 2.18. The molecule has 0 bridgehead atoms. The number of hydrogen-bond acceptors (Lipinski definition) is 6. The van der Waals surface area contributed by atoms with Crippen LogP contribution in [0.25, 0.3) is 11.4 Å². The van der Waals surface area contributed by atoms with Gasteiger partial charge in [-0.1, -0.05) is 29.8 Å². The number of aromatic nitrogens is 4. The van der Waals surface area contributed by atoms with Gasteiger partial charge in [-0.2, -0.15) is 4.98 Å². The molecule has 7 nitrogen and oxygen atoms in total. The Hall–Kier alpha value is -2.74. The lowest BCUT2D eigenvalue weighted by Crippen LogP contribution is -2.16. The van der Waals surface area contributed by atoms with Crippen molar-refractivity contribution in [2.75, 3.05) is 11.6 Å². The summed E-state index contributed by atoms with van der Waals surface area (Å²) in [5, 5.41) is 7.13. The molecule has 8 heteroatoms. The van der Waals surface area contributed by atoms with Gasteiger partial charge in [0.1, 0.15) is 0 Å². The summed E-state index contributed by atoms with van der Waals surface area (Å²) in [5.74, 6) is 0.483. The number of nitrogens with zero attached hydrogens (tertiary/aromatic N) is 4. The van der Waals surface area contributed by atoms with Crippen LogP contribution in [0.2, 0.25) is 0 Å². The SMILES string of the molecule is Cc1ccc(CNc2nc(-c3cccnc3)nn2S(C)(=O)=O)cc1. The Bertz CT molecular complexity index is 934. The van der Waals surface area contributed by atoms with Crippen LogP contribution in [-0.4, -0.2) is 33.8 Å². The van der Waals surface area contributed by atoms with Gasteiger partial charge in [-0.3, -0.25) is 4.98 Å². The number of hydrogen-bond donors (Lipinski definition) is 1. The maximum atomic E-state index is 12.0. The van der Waals surface area contributed by atoms with Gasteiger partial charge in [-0.05, 0) is 24.6 Å². The predicted molar refractivity (Wildman–Crippen MR) is 92.0 cm³/mol. The largest absolute Gasteiger partial charge is 0.349 e. The smallest absolute Gasteiger partial charge is 0.254 e. The standard InChI is InChI=1S/C16H17N5O2S/c1-12-5-7-13(8-6-12)10-18-16-19-15(14-4-3-9-17-11-14)20-21(16)24(2,22)23/h3-9,11H,10H2,1-2H3,(H,18,19,20). The lowest BCUT2D eigenvalue weighted by Gasteiger charge is -2.06. The molecule has 0 unspecified atom stereocenters. The number of rotatable bonds is 5. The van der Waals surface area contributed by atoms with E-state index in [9.17, 15) is 8.42 Å². The molecule has 1 N–H and O–H groups in total. The Morgan fingerprint density at radius 3 is 2.54 bits per heavy atom. The molecule has 0 aliphatic heterocycles. The van der Waals surface area contributed by atoms with Gasteiger partial charge in [0, 0.05) is 24.5 Å². The van der Waals surface area contributed by atoms with Crippen LogP contribution in [0.15, 0.2) is 48.8 Å². The van der Waals surface area contributed by atoms with Gasteiger partial charge in [0.25, 0.3) is 10.0 Å². The highest BCUT2D eigenvalue weighted by molar-refractivity contribution is 7.89. The number of benzene rings is 1. The third-order valence-electron chi connectivity index (χ3n) is 3.38. The average molecular weight is 343 g/mol. The lowest BCUT2D eigenvalue weighted by molar-refractivity contribution is 0.587. The number of aryl methyl sites for hydroxylation is 1. The fourth-order valence-electron chi connectivity index (χ4n) is 2.14. The first-order valence-electron chi connectivity index (χ1n) is 7.31. The third-order valence-corrected chi connectivity index (χ3v) is 4.27. The second-order valence-electron chi connectivity index (χ2n) is 5.45. The summed E-state index contributed by atoms with van der Waals surface area (Å²) in [4.78, 5) is 8.31. The summed E-state index contributed by atoms with van der Waals surface area (Å²) < 4.78 is 24.8. The Kier molecular flexibility index (Phi) is 4.30. The number of pyridine rings is 1. The summed E-state index contributed by atoms with van der Waals surface area (Å²) in [5.41, 5.74) is 2.83.